The molecule has 0 unspecified atom stereocenters. The molecule has 0 N–H and O–H groups in total. The van der Waals surface area contributed by atoms with Crippen molar-refractivity contribution >= 4 is 28.0 Å². The molecule has 1 aromatic carbocycles. The van der Waals surface area contributed by atoms with Gasteiger partial charge in [-0.1, -0.05) is 34.1 Å². The fourth-order valence-electron chi connectivity index (χ4n) is 1.71. The average molecular weight is 297 g/mol. The van der Waals surface area contributed by atoms with Crippen LogP contribution in [0.15, 0.2) is 29.8 Å². The minimum absolute atomic E-state index is 0.340. The summed E-state index contributed by atoms with van der Waals surface area (Å²) in [4.78, 5) is 11.8. The molecule has 4 heteroatoms. The molecule has 0 aromatic heterocycles. The number of halogens is 1. The van der Waals surface area contributed by atoms with Gasteiger partial charge >= 0.3 is 5.97 Å². The highest BCUT2D eigenvalue weighted by Gasteiger charge is 2.29. The van der Waals surface area contributed by atoms with Crippen LogP contribution in [-0.2, 0) is 9.53 Å². The molecule has 1 aromatic rings. The quantitative estimate of drug-likeness (QED) is 0.636. The zero-order valence-electron chi connectivity index (χ0n) is 9.48. The Labute approximate surface area is 109 Å². The smallest absolute Gasteiger partial charge is 0.351 e. The summed E-state index contributed by atoms with van der Waals surface area (Å²) in [5.74, 6) is 0.378. The first kappa shape index (κ1) is 12.2. The van der Waals surface area contributed by atoms with E-state index in [-0.39, 0.29) is 5.97 Å². The maximum absolute atomic E-state index is 11.8. The van der Waals surface area contributed by atoms with Crippen molar-refractivity contribution in [2.24, 2.45) is 0 Å². The van der Waals surface area contributed by atoms with E-state index in [0.717, 1.165) is 16.9 Å². The molecular formula is C13H13BrO3. The first-order valence-electron chi connectivity index (χ1n) is 5.45. The number of rotatable bonds is 3. The predicted octanol–water partition coefficient (Wildman–Crippen LogP) is 2.79. The number of hydrogen-bond acceptors (Lipinski definition) is 3. The van der Waals surface area contributed by atoms with Crippen molar-refractivity contribution in [3.8, 4) is 5.75 Å². The lowest BCUT2D eigenvalue weighted by atomic mass is 10.0. The number of benzene rings is 1. The molecule has 0 saturated heterocycles. The Balaban J connectivity index is 2.30. The Bertz CT molecular complexity index is 454. The van der Waals surface area contributed by atoms with Crippen molar-refractivity contribution in [1.29, 1.82) is 0 Å². The first-order valence-corrected chi connectivity index (χ1v) is 6.57. The van der Waals surface area contributed by atoms with Crippen molar-refractivity contribution in [3.63, 3.8) is 0 Å². The van der Waals surface area contributed by atoms with Gasteiger partial charge in [-0.05, 0) is 24.6 Å². The Kier molecular flexibility index (Phi) is 3.84. The molecule has 1 aliphatic rings. The molecule has 0 fully saturated rings. The van der Waals surface area contributed by atoms with E-state index in [1.807, 2.05) is 30.3 Å². The van der Waals surface area contributed by atoms with Gasteiger partial charge in [0, 0.05) is 10.9 Å². The van der Waals surface area contributed by atoms with E-state index >= 15 is 0 Å². The zero-order valence-corrected chi connectivity index (χ0v) is 11.1. The van der Waals surface area contributed by atoms with E-state index < -0.39 is 6.10 Å². The van der Waals surface area contributed by atoms with Gasteiger partial charge in [0.2, 0.25) is 6.10 Å². The van der Waals surface area contributed by atoms with E-state index in [1.165, 1.54) is 0 Å². The molecule has 0 radical (unpaired) electrons. The second-order valence-electron chi connectivity index (χ2n) is 3.64. The van der Waals surface area contributed by atoms with Gasteiger partial charge in [0.05, 0.1) is 6.61 Å². The van der Waals surface area contributed by atoms with Crippen LogP contribution in [0, 0.1) is 0 Å². The number of carbonyl (C=O) groups excluding carboxylic acids is 1. The second-order valence-corrected chi connectivity index (χ2v) is 4.20. The van der Waals surface area contributed by atoms with Crippen molar-refractivity contribution in [1.82, 2.24) is 0 Å². The number of alkyl halides is 1. The molecule has 0 spiro atoms. The molecule has 2 rings (SSSR count). The molecule has 1 aliphatic heterocycles. The standard InChI is InChI=1S/C13H13BrO3/c1-2-16-13(15)12-10(8-14)7-9-5-3-4-6-11(9)17-12/h3-7,12H,2,8H2,1H3/t12-/m0/s1. The van der Waals surface area contributed by atoms with Crippen LogP contribution in [0.1, 0.15) is 12.5 Å². The number of ether oxygens (including phenoxy) is 2. The summed E-state index contributed by atoms with van der Waals surface area (Å²) in [5.41, 5.74) is 1.87. The molecule has 17 heavy (non-hydrogen) atoms. The summed E-state index contributed by atoms with van der Waals surface area (Å²) in [6, 6.07) is 7.63. The van der Waals surface area contributed by atoms with Crippen LogP contribution in [0.25, 0.3) is 6.08 Å². The Morgan fingerprint density at radius 1 is 1.47 bits per heavy atom. The minimum Gasteiger partial charge on any atom is -0.474 e. The number of fused-ring (bicyclic) bond motifs is 1. The summed E-state index contributed by atoms with van der Waals surface area (Å²) in [6.07, 6.45) is 1.33. The number of para-hydroxylation sites is 1. The van der Waals surface area contributed by atoms with Gasteiger partial charge in [0.25, 0.3) is 0 Å². The third-order valence-electron chi connectivity index (χ3n) is 2.50. The van der Waals surface area contributed by atoms with E-state index in [2.05, 4.69) is 15.9 Å². The van der Waals surface area contributed by atoms with E-state index in [0.29, 0.717) is 11.9 Å². The highest BCUT2D eigenvalue weighted by molar-refractivity contribution is 9.09. The fraction of sp³-hybridized carbons (Fsp3) is 0.308. The number of hydrogen-bond donors (Lipinski definition) is 0. The molecule has 1 heterocycles. The van der Waals surface area contributed by atoms with E-state index in [4.69, 9.17) is 9.47 Å². The van der Waals surface area contributed by atoms with Gasteiger partial charge in [-0.25, -0.2) is 4.79 Å². The molecule has 90 valence electrons. The molecular weight excluding hydrogens is 284 g/mol. The van der Waals surface area contributed by atoms with Crippen molar-refractivity contribution < 1.29 is 14.3 Å². The van der Waals surface area contributed by atoms with Gasteiger partial charge in [-0.2, -0.15) is 0 Å². The Morgan fingerprint density at radius 3 is 2.94 bits per heavy atom. The maximum atomic E-state index is 11.8. The molecule has 3 nitrogen and oxygen atoms in total. The van der Waals surface area contributed by atoms with Crippen molar-refractivity contribution in [3.05, 3.63) is 35.4 Å². The maximum Gasteiger partial charge on any atom is 0.351 e. The predicted molar refractivity (Wildman–Crippen MR) is 69.3 cm³/mol. The van der Waals surface area contributed by atoms with Crippen LogP contribution in [-0.4, -0.2) is 24.0 Å². The Morgan fingerprint density at radius 2 is 2.24 bits per heavy atom. The van der Waals surface area contributed by atoms with Crippen LogP contribution >= 0.6 is 15.9 Å². The lowest BCUT2D eigenvalue weighted by molar-refractivity contribution is -0.149. The van der Waals surface area contributed by atoms with Gasteiger partial charge in [-0.3, -0.25) is 0 Å². The van der Waals surface area contributed by atoms with E-state index in [9.17, 15) is 4.79 Å². The number of carbonyl (C=O) groups is 1. The van der Waals surface area contributed by atoms with Crippen LogP contribution in [0.5, 0.6) is 5.75 Å². The van der Waals surface area contributed by atoms with Gasteiger partial charge < -0.3 is 9.47 Å². The van der Waals surface area contributed by atoms with Crippen LogP contribution in [0.4, 0.5) is 0 Å². The SMILES string of the molecule is CCOC(=O)[C@H]1Oc2ccccc2C=C1CBr. The molecule has 0 bridgehead atoms. The Hall–Kier alpha value is -1.29. The molecule has 1 atom stereocenters. The zero-order chi connectivity index (χ0) is 12.3. The third kappa shape index (κ3) is 2.52. The summed E-state index contributed by atoms with van der Waals surface area (Å²) in [7, 11) is 0. The minimum atomic E-state index is -0.635. The normalized spacial score (nSPS) is 17.8. The average Bonchev–Trinajstić information content (AvgIpc) is 2.37. The third-order valence-corrected chi connectivity index (χ3v) is 3.14. The van der Waals surface area contributed by atoms with Crippen molar-refractivity contribution in [2.45, 2.75) is 13.0 Å². The summed E-state index contributed by atoms with van der Waals surface area (Å²) >= 11 is 3.37. The lowest BCUT2D eigenvalue weighted by Crippen LogP contribution is -2.33. The van der Waals surface area contributed by atoms with Gasteiger partial charge in [0.1, 0.15) is 5.75 Å². The van der Waals surface area contributed by atoms with Gasteiger partial charge in [-0.15, -0.1) is 0 Å². The second kappa shape index (κ2) is 5.36. The van der Waals surface area contributed by atoms with Gasteiger partial charge in [0.15, 0.2) is 0 Å². The molecule has 0 aliphatic carbocycles. The topological polar surface area (TPSA) is 35.5 Å². The highest BCUT2D eigenvalue weighted by atomic mass is 79.9. The largest absolute Gasteiger partial charge is 0.474 e. The summed E-state index contributed by atoms with van der Waals surface area (Å²) in [6.45, 7) is 2.14. The highest BCUT2D eigenvalue weighted by Crippen LogP contribution is 2.30. The van der Waals surface area contributed by atoms with Crippen LogP contribution < -0.4 is 4.74 Å². The fourth-order valence-corrected chi connectivity index (χ4v) is 2.17. The van der Waals surface area contributed by atoms with Crippen LogP contribution in [0.2, 0.25) is 0 Å². The monoisotopic (exact) mass is 296 g/mol. The van der Waals surface area contributed by atoms with E-state index in [1.54, 1.807) is 6.92 Å². The number of esters is 1. The van der Waals surface area contributed by atoms with Crippen molar-refractivity contribution in [2.75, 3.05) is 11.9 Å². The molecule has 0 amide bonds. The first-order chi connectivity index (χ1) is 8.26. The summed E-state index contributed by atoms with van der Waals surface area (Å²) in [5, 5.41) is 0.588. The lowest BCUT2D eigenvalue weighted by Gasteiger charge is -2.24. The molecule has 0 saturated carbocycles. The van der Waals surface area contributed by atoms with Crippen LogP contribution in [0.3, 0.4) is 0 Å². The summed E-state index contributed by atoms with van der Waals surface area (Å²) < 4.78 is 10.7.